The number of nitrogens with two attached hydrogens (primary N) is 1. The van der Waals surface area contributed by atoms with Crippen molar-refractivity contribution in [1.29, 1.82) is 0 Å². The monoisotopic (exact) mass is 350 g/mol. The van der Waals surface area contributed by atoms with Crippen LogP contribution in [0.25, 0.3) is 0 Å². The van der Waals surface area contributed by atoms with Crippen molar-refractivity contribution in [3.63, 3.8) is 0 Å². The Kier molecular flexibility index (Phi) is 5.37. The normalized spacial score (nSPS) is 12.2. The van der Waals surface area contributed by atoms with Crippen LogP contribution in [-0.2, 0) is 6.42 Å². The minimum Gasteiger partial charge on any atom is -0.342 e. The average Bonchev–Trinajstić information content (AvgIpc) is 2.47. The summed E-state index contributed by atoms with van der Waals surface area (Å²) < 4.78 is 15.0. The molecule has 0 saturated carbocycles. The Hall–Kier alpha value is -1.39. The number of rotatable bonds is 5. The lowest BCUT2D eigenvalue weighted by Crippen LogP contribution is -2.23. The second-order valence-electron chi connectivity index (χ2n) is 5.16. The Morgan fingerprint density at radius 2 is 1.90 bits per heavy atom. The Balaban J connectivity index is 2.41. The molecule has 0 aromatic heterocycles. The van der Waals surface area contributed by atoms with Gasteiger partial charge in [-0.25, -0.2) is 4.39 Å². The molecule has 0 heterocycles. The second kappa shape index (κ2) is 7.05. The van der Waals surface area contributed by atoms with Gasteiger partial charge >= 0.3 is 0 Å². The highest BCUT2D eigenvalue weighted by atomic mass is 79.9. The van der Waals surface area contributed by atoms with E-state index in [1.807, 2.05) is 30.1 Å². The third-order valence-corrected chi connectivity index (χ3v) is 4.12. The van der Waals surface area contributed by atoms with Crippen LogP contribution in [0.1, 0.15) is 18.9 Å². The SMILES string of the molecule is CCC(N)Cc1cc(Br)ccc1N(C)c1ccccc1F. The first-order chi connectivity index (χ1) is 10.0. The molecule has 1 unspecified atom stereocenters. The van der Waals surface area contributed by atoms with Gasteiger partial charge in [0.15, 0.2) is 0 Å². The maximum Gasteiger partial charge on any atom is 0.146 e. The van der Waals surface area contributed by atoms with Gasteiger partial charge in [0.2, 0.25) is 0 Å². The summed E-state index contributed by atoms with van der Waals surface area (Å²) in [5, 5.41) is 0. The quantitative estimate of drug-likeness (QED) is 0.851. The molecule has 2 aromatic carbocycles. The van der Waals surface area contributed by atoms with Crippen molar-refractivity contribution < 1.29 is 4.39 Å². The number of halogens is 2. The van der Waals surface area contributed by atoms with Crippen LogP contribution in [0.15, 0.2) is 46.9 Å². The van der Waals surface area contributed by atoms with Crippen LogP contribution in [0.4, 0.5) is 15.8 Å². The number of nitrogens with zero attached hydrogens (tertiary/aromatic N) is 1. The zero-order valence-corrected chi connectivity index (χ0v) is 13.9. The van der Waals surface area contributed by atoms with Gasteiger partial charge < -0.3 is 10.6 Å². The molecule has 2 N–H and O–H groups in total. The van der Waals surface area contributed by atoms with Crippen LogP contribution >= 0.6 is 15.9 Å². The summed E-state index contributed by atoms with van der Waals surface area (Å²) in [6, 6.07) is 12.9. The van der Waals surface area contributed by atoms with Gasteiger partial charge in [-0.3, -0.25) is 0 Å². The number of benzene rings is 2. The summed E-state index contributed by atoms with van der Waals surface area (Å²) in [6.45, 7) is 2.07. The van der Waals surface area contributed by atoms with Gasteiger partial charge in [-0.1, -0.05) is 35.0 Å². The van der Waals surface area contributed by atoms with E-state index in [1.165, 1.54) is 6.07 Å². The highest BCUT2D eigenvalue weighted by molar-refractivity contribution is 9.10. The van der Waals surface area contributed by atoms with E-state index in [0.717, 1.165) is 28.6 Å². The maximum atomic E-state index is 14.0. The van der Waals surface area contributed by atoms with Crippen LogP contribution < -0.4 is 10.6 Å². The Labute approximate surface area is 133 Å². The minimum absolute atomic E-state index is 0.104. The van der Waals surface area contributed by atoms with Crippen molar-refractivity contribution >= 4 is 27.3 Å². The second-order valence-corrected chi connectivity index (χ2v) is 6.07. The smallest absolute Gasteiger partial charge is 0.146 e. The molecule has 2 nitrogen and oxygen atoms in total. The molecule has 21 heavy (non-hydrogen) atoms. The zero-order chi connectivity index (χ0) is 15.4. The predicted octanol–water partition coefficient (Wildman–Crippen LogP) is 4.64. The summed E-state index contributed by atoms with van der Waals surface area (Å²) in [5.41, 5.74) is 8.74. The van der Waals surface area contributed by atoms with Gasteiger partial charge in [0.1, 0.15) is 5.82 Å². The molecule has 0 fully saturated rings. The molecule has 0 spiro atoms. The van der Waals surface area contributed by atoms with Crippen LogP contribution in [0.5, 0.6) is 0 Å². The average molecular weight is 351 g/mol. The Morgan fingerprint density at radius 3 is 2.57 bits per heavy atom. The van der Waals surface area contributed by atoms with Gasteiger partial charge in [0, 0.05) is 23.2 Å². The number of anilines is 2. The molecule has 0 bridgehead atoms. The van der Waals surface area contributed by atoms with E-state index in [0.29, 0.717) is 5.69 Å². The fraction of sp³-hybridized carbons (Fsp3) is 0.294. The van der Waals surface area contributed by atoms with Crippen molar-refractivity contribution in [1.82, 2.24) is 0 Å². The largest absolute Gasteiger partial charge is 0.342 e. The molecule has 0 aliphatic rings. The highest BCUT2D eigenvalue weighted by Gasteiger charge is 2.14. The van der Waals surface area contributed by atoms with Gasteiger partial charge in [-0.2, -0.15) is 0 Å². The molecule has 0 aliphatic heterocycles. The zero-order valence-electron chi connectivity index (χ0n) is 12.3. The summed E-state index contributed by atoms with van der Waals surface area (Å²) >= 11 is 3.49. The first kappa shape index (κ1) is 16.0. The molecule has 4 heteroatoms. The molecule has 0 amide bonds. The molecule has 0 radical (unpaired) electrons. The van der Waals surface area contributed by atoms with E-state index in [-0.39, 0.29) is 11.9 Å². The topological polar surface area (TPSA) is 29.3 Å². The minimum atomic E-state index is -0.228. The third-order valence-electron chi connectivity index (χ3n) is 3.62. The van der Waals surface area contributed by atoms with Gasteiger partial charge in [-0.05, 0) is 48.7 Å². The summed E-state index contributed by atoms with van der Waals surface area (Å²) in [7, 11) is 1.88. The molecule has 1 atom stereocenters. The van der Waals surface area contributed by atoms with Crippen molar-refractivity contribution in [2.24, 2.45) is 5.73 Å². The van der Waals surface area contributed by atoms with Crippen molar-refractivity contribution in [2.75, 3.05) is 11.9 Å². The van der Waals surface area contributed by atoms with E-state index in [1.54, 1.807) is 12.1 Å². The lowest BCUT2D eigenvalue weighted by Gasteiger charge is -2.24. The van der Waals surface area contributed by atoms with E-state index < -0.39 is 0 Å². The van der Waals surface area contributed by atoms with Crippen LogP contribution in [0.2, 0.25) is 0 Å². The van der Waals surface area contributed by atoms with Crippen LogP contribution in [-0.4, -0.2) is 13.1 Å². The van der Waals surface area contributed by atoms with Crippen molar-refractivity contribution in [3.05, 3.63) is 58.3 Å². The predicted molar refractivity (Wildman–Crippen MR) is 90.6 cm³/mol. The first-order valence-corrected chi connectivity index (χ1v) is 7.84. The molecular weight excluding hydrogens is 331 g/mol. The first-order valence-electron chi connectivity index (χ1n) is 7.05. The molecule has 112 valence electrons. The Bertz CT molecular complexity index is 615. The van der Waals surface area contributed by atoms with Gasteiger partial charge in [-0.15, -0.1) is 0 Å². The molecule has 0 saturated heterocycles. The molecule has 2 aromatic rings. The van der Waals surface area contributed by atoms with E-state index in [2.05, 4.69) is 28.9 Å². The van der Waals surface area contributed by atoms with Gasteiger partial charge in [0.05, 0.1) is 5.69 Å². The van der Waals surface area contributed by atoms with Crippen molar-refractivity contribution in [2.45, 2.75) is 25.8 Å². The summed E-state index contributed by atoms with van der Waals surface area (Å²) in [6.07, 6.45) is 1.68. The van der Waals surface area contributed by atoms with E-state index in [9.17, 15) is 4.39 Å². The van der Waals surface area contributed by atoms with E-state index in [4.69, 9.17) is 5.73 Å². The summed E-state index contributed by atoms with van der Waals surface area (Å²) in [4.78, 5) is 1.87. The fourth-order valence-electron chi connectivity index (χ4n) is 2.33. The molecule has 0 aliphatic carbocycles. The molecular formula is C17H20BrFN2. The number of hydrogen-bond donors (Lipinski definition) is 1. The van der Waals surface area contributed by atoms with E-state index >= 15 is 0 Å². The maximum absolute atomic E-state index is 14.0. The lowest BCUT2D eigenvalue weighted by molar-refractivity contribution is 0.626. The Morgan fingerprint density at radius 1 is 1.19 bits per heavy atom. The fourth-order valence-corrected chi connectivity index (χ4v) is 2.73. The standard InChI is InChI=1S/C17H20BrFN2/c1-3-14(20)11-12-10-13(18)8-9-16(12)21(2)17-7-5-4-6-15(17)19/h4-10,14H,3,11,20H2,1-2H3. The van der Waals surface area contributed by atoms with Gasteiger partial charge in [0.25, 0.3) is 0 Å². The van der Waals surface area contributed by atoms with Crippen molar-refractivity contribution in [3.8, 4) is 0 Å². The third kappa shape index (κ3) is 3.83. The van der Waals surface area contributed by atoms with Crippen LogP contribution in [0, 0.1) is 5.82 Å². The lowest BCUT2D eigenvalue weighted by atomic mass is 10.0. The van der Waals surface area contributed by atoms with Crippen LogP contribution in [0.3, 0.4) is 0 Å². The number of para-hydroxylation sites is 1. The highest BCUT2D eigenvalue weighted by Crippen LogP contribution is 2.31. The summed E-state index contributed by atoms with van der Waals surface area (Å²) in [5.74, 6) is -0.228. The number of hydrogen-bond acceptors (Lipinski definition) is 2. The molecule has 2 rings (SSSR count).